The maximum atomic E-state index is 12.6. The largest absolute Gasteiger partial charge is 0.519 e. The van der Waals surface area contributed by atoms with Gasteiger partial charge in [0.05, 0.1) is 5.92 Å². The lowest BCUT2D eigenvalue weighted by molar-refractivity contribution is -0.138. The van der Waals surface area contributed by atoms with Crippen molar-refractivity contribution in [2.45, 2.75) is 51.2 Å². The van der Waals surface area contributed by atoms with E-state index in [9.17, 15) is 4.79 Å². The molecule has 1 unspecified atom stereocenters. The van der Waals surface area contributed by atoms with Crippen LogP contribution in [-0.4, -0.2) is 14.3 Å². The Balaban J connectivity index is 2.22. The summed E-state index contributed by atoms with van der Waals surface area (Å²) in [6.07, 6.45) is 4.79. The molecule has 1 atom stereocenters. The fraction of sp³-hybridized carbons (Fsp3) is 0.562. The molecule has 1 aromatic rings. The van der Waals surface area contributed by atoms with Crippen molar-refractivity contribution in [3.63, 3.8) is 0 Å². The fourth-order valence-electron chi connectivity index (χ4n) is 2.92. The Morgan fingerprint density at radius 2 is 1.74 bits per heavy atom. The van der Waals surface area contributed by atoms with Crippen molar-refractivity contribution in [3.05, 3.63) is 35.9 Å². The molecule has 0 aromatic heterocycles. The van der Waals surface area contributed by atoms with Gasteiger partial charge in [-0.3, -0.25) is 4.79 Å². The van der Waals surface area contributed by atoms with Gasteiger partial charge in [-0.25, -0.2) is 0 Å². The van der Waals surface area contributed by atoms with Gasteiger partial charge in [0.25, 0.3) is 5.97 Å². The lowest BCUT2D eigenvalue weighted by Crippen LogP contribution is -2.34. The average molecular weight is 276 g/mol. The van der Waals surface area contributed by atoms with Crippen molar-refractivity contribution >= 4 is 14.3 Å². The Morgan fingerprint density at radius 1 is 1.16 bits per heavy atom. The van der Waals surface area contributed by atoms with Crippen LogP contribution in [0.2, 0.25) is 19.6 Å². The monoisotopic (exact) mass is 276 g/mol. The molecule has 1 aliphatic carbocycles. The minimum Gasteiger partial charge on any atom is -0.519 e. The van der Waals surface area contributed by atoms with Crippen LogP contribution in [0.4, 0.5) is 0 Å². The second-order valence-corrected chi connectivity index (χ2v) is 10.9. The Bertz CT molecular complexity index is 416. The highest BCUT2D eigenvalue weighted by Crippen LogP contribution is 2.38. The Hall–Kier alpha value is -1.09. The Morgan fingerprint density at radius 3 is 2.26 bits per heavy atom. The molecule has 2 rings (SSSR count). The minimum atomic E-state index is -1.82. The van der Waals surface area contributed by atoms with Crippen LogP contribution in [0.1, 0.15) is 37.2 Å². The van der Waals surface area contributed by atoms with E-state index in [1.165, 1.54) is 12.8 Å². The van der Waals surface area contributed by atoms with Crippen molar-refractivity contribution < 1.29 is 9.22 Å². The highest BCUT2D eigenvalue weighted by atomic mass is 28.4. The first-order valence-electron chi connectivity index (χ1n) is 7.25. The molecule has 0 spiro atoms. The molecule has 0 amide bonds. The van der Waals surface area contributed by atoms with Crippen LogP contribution in [0.3, 0.4) is 0 Å². The molecule has 1 aliphatic rings. The van der Waals surface area contributed by atoms with E-state index in [1.54, 1.807) is 0 Å². The second kappa shape index (κ2) is 5.91. The SMILES string of the molecule is C[Si](C)(C)OC(=O)C(c1ccccc1)C1CCCC1. The van der Waals surface area contributed by atoms with E-state index in [0.29, 0.717) is 5.92 Å². The molecule has 0 aliphatic heterocycles. The normalized spacial score (nSPS) is 18.3. The van der Waals surface area contributed by atoms with Gasteiger partial charge in [-0.2, -0.15) is 0 Å². The van der Waals surface area contributed by atoms with E-state index >= 15 is 0 Å². The van der Waals surface area contributed by atoms with Crippen molar-refractivity contribution in [1.82, 2.24) is 0 Å². The summed E-state index contributed by atoms with van der Waals surface area (Å²) in [7, 11) is -1.82. The third-order valence-electron chi connectivity index (χ3n) is 3.69. The van der Waals surface area contributed by atoms with Crippen molar-refractivity contribution in [2.24, 2.45) is 5.92 Å². The van der Waals surface area contributed by atoms with Crippen LogP contribution < -0.4 is 0 Å². The molecule has 104 valence electrons. The van der Waals surface area contributed by atoms with E-state index in [1.807, 2.05) is 18.2 Å². The van der Waals surface area contributed by atoms with Crippen LogP contribution >= 0.6 is 0 Å². The van der Waals surface area contributed by atoms with Gasteiger partial charge in [0, 0.05) is 0 Å². The molecule has 1 aromatic carbocycles. The van der Waals surface area contributed by atoms with Gasteiger partial charge in [-0.1, -0.05) is 43.2 Å². The smallest absolute Gasteiger partial charge is 0.300 e. The van der Waals surface area contributed by atoms with Crippen molar-refractivity contribution in [3.8, 4) is 0 Å². The van der Waals surface area contributed by atoms with E-state index in [-0.39, 0.29) is 11.9 Å². The molecule has 0 N–H and O–H groups in total. The van der Waals surface area contributed by atoms with Gasteiger partial charge in [-0.05, 0) is 44.0 Å². The predicted molar refractivity (Wildman–Crippen MR) is 80.6 cm³/mol. The molecule has 1 fully saturated rings. The Kier molecular flexibility index (Phi) is 4.45. The van der Waals surface area contributed by atoms with Gasteiger partial charge in [0.2, 0.25) is 8.32 Å². The summed E-state index contributed by atoms with van der Waals surface area (Å²) in [6.45, 7) is 6.21. The number of carbonyl (C=O) groups is 1. The Labute approximate surface area is 117 Å². The van der Waals surface area contributed by atoms with Gasteiger partial charge in [0.1, 0.15) is 0 Å². The van der Waals surface area contributed by atoms with Crippen LogP contribution in [0.5, 0.6) is 0 Å². The zero-order chi connectivity index (χ0) is 13.9. The summed E-state index contributed by atoms with van der Waals surface area (Å²) in [5, 5.41) is 0. The molecular weight excluding hydrogens is 252 g/mol. The zero-order valence-corrected chi connectivity index (χ0v) is 13.2. The van der Waals surface area contributed by atoms with E-state index in [0.717, 1.165) is 18.4 Å². The topological polar surface area (TPSA) is 26.3 Å². The quantitative estimate of drug-likeness (QED) is 0.765. The molecule has 2 nitrogen and oxygen atoms in total. The summed E-state index contributed by atoms with van der Waals surface area (Å²) in [5.41, 5.74) is 1.12. The van der Waals surface area contributed by atoms with Gasteiger partial charge in [0.15, 0.2) is 0 Å². The highest BCUT2D eigenvalue weighted by Gasteiger charge is 2.35. The van der Waals surface area contributed by atoms with Gasteiger partial charge >= 0.3 is 0 Å². The zero-order valence-electron chi connectivity index (χ0n) is 12.2. The minimum absolute atomic E-state index is 0.00253. The van der Waals surface area contributed by atoms with Crippen LogP contribution in [0.15, 0.2) is 30.3 Å². The van der Waals surface area contributed by atoms with Crippen molar-refractivity contribution in [1.29, 1.82) is 0 Å². The lowest BCUT2D eigenvalue weighted by Gasteiger charge is -2.26. The second-order valence-electron chi connectivity index (χ2n) is 6.47. The molecule has 0 heterocycles. The summed E-state index contributed by atoms with van der Waals surface area (Å²) < 4.78 is 5.77. The van der Waals surface area contributed by atoms with E-state index in [4.69, 9.17) is 4.43 Å². The number of rotatable bonds is 4. The third kappa shape index (κ3) is 3.93. The first-order valence-corrected chi connectivity index (χ1v) is 10.7. The maximum Gasteiger partial charge on any atom is 0.300 e. The summed E-state index contributed by atoms with van der Waals surface area (Å²) in [5.74, 6) is 0.402. The summed E-state index contributed by atoms with van der Waals surface area (Å²) in [4.78, 5) is 12.6. The van der Waals surface area contributed by atoms with E-state index < -0.39 is 8.32 Å². The molecular formula is C16H24O2Si. The highest BCUT2D eigenvalue weighted by molar-refractivity contribution is 6.71. The standard InChI is InChI=1S/C16H24O2Si/c1-19(2,3)18-16(17)15(14-11-7-8-12-14)13-9-5-4-6-10-13/h4-6,9-10,14-15H,7-8,11-12H2,1-3H3. The summed E-state index contributed by atoms with van der Waals surface area (Å²) in [6, 6.07) is 10.2. The molecule has 3 heteroatoms. The molecule has 1 saturated carbocycles. The van der Waals surface area contributed by atoms with Crippen LogP contribution in [-0.2, 0) is 9.22 Å². The molecule has 19 heavy (non-hydrogen) atoms. The summed E-state index contributed by atoms with van der Waals surface area (Å²) >= 11 is 0. The molecule has 0 radical (unpaired) electrons. The predicted octanol–water partition coefficient (Wildman–Crippen LogP) is 4.34. The number of benzene rings is 1. The fourth-order valence-corrected chi connectivity index (χ4v) is 3.65. The average Bonchev–Trinajstić information content (AvgIpc) is 2.82. The van der Waals surface area contributed by atoms with Crippen LogP contribution in [0.25, 0.3) is 0 Å². The number of hydrogen-bond acceptors (Lipinski definition) is 2. The molecule has 0 saturated heterocycles. The van der Waals surface area contributed by atoms with E-state index in [2.05, 4.69) is 31.8 Å². The third-order valence-corrected chi connectivity index (χ3v) is 4.50. The van der Waals surface area contributed by atoms with Gasteiger partial charge < -0.3 is 4.43 Å². The lowest BCUT2D eigenvalue weighted by atomic mass is 9.85. The maximum absolute atomic E-state index is 12.6. The first kappa shape index (κ1) is 14.3. The van der Waals surface area contributed by atoms with Crippen LogP contribution in [0, 0.1) is 5.92 Å². The number of hydrogen-bond donors (Lipinski definition) is 0. The van der Waals surface area contributed by atoms with Crippen molar-refractivity contribution in [2.75, 3.05) is 0 Å². The molecule has 0 bridgehead atoms. The van der Waals surface area contributed by atoms with Gasteiger partial charge in [-0.15, -0.1) is 0 Å². The first-order chi connectivity index (χ1) is 8.97. The number of carbonyl (C=O) groups excluding carboxylic acids is 1.